The molecule has 4 atom stereocenters. The molecule has 0 bridgehead atoms. The molecular weight excluding hydrogens is 723 g/mol. The second-order valence-electron chi connectivity index (χ2n) is 16.2. The van der Waals surface area contributed by atoms with Crippen molar-refractivity contribution < 1.29 is 29.0 Å². The molecule has 0 aromatic heterocycles. The third kappa shape index (κ3) is 6.33. The van der Waals surface area contributed by atoms with E-state index in [1.807, 2.05) is 134 Å². The van der Waals surface area contributed by atoms with E-state index in [0.717, 1.165) is 24.3 Å². The van der Waals surface area contributed by atoms with Crippen LogP contribution in [0.5, 0.6) is 0 Å². The fourth-order valence-corrected chi connectivity index (χ4v) is 12.4. The van der Waals surface area contributed by atoms with Crippen LogP contribution in [0.4, 0.5) is 22.7 Å². The molecule has 3 saturated heterocycles. The van der Waals surface area contributed by atoms with Gasteiger partial charge in [0.15, 0.2) is 13.9 Å². The maximum Gasteiger partial charge on any atom is 0.268 e. The van der Waals surface area contributed by atoms with Gasteiger partial charge in [0.05, 0.1) is 31.5 Å². The fourth-order valence-electron chi connectivity index (χ4n) is 9.88. The average Bonchev–Trinajstić information content (AvgIpc) is 3.75. The van der Waals surface area contributed by atoms with E-state index in [9.17, 15) is 19.5 Å². The standard InChI is InChI=1S/C44H51N5O6Si/c1-31-40(56(2,3)54)38(28-39(51)46(25-26-50)29-32-13-7-4-8-14-32)55-44(31)36-27-35(19-20-37(36)49(42(44)53)34-17-11-6-12-18-34)47-30-48(33-15-9-5-10-16-33)43(41(47)52)21-23-45-24-22-43/h4-20,27,31,38,40,45,50,54H,21-26,28-30H2,1-3H3/t31-,38+,40-,44+/m1/s1. The van der Waals surface area contributed by atoms with Gasteiger partial charge in [-0.25, -0.2) is 0 Å². The van der Waals surface area contributed by atoms with Crippen molar-refractivity contribution in [2.24, 2.45) is 5.92 Å². The highest BCUT2D eigenvalue weighted by atomic mass is 28.4. The van der Waals surface area contributed by atoms with Gasteiger partial charge in [-0.05, 0) is 87.1 Å². The number of carbonyl (C=O) groups is 3. The first-order chi connectivity index (χ1) is 27.0. The van der Waals surface area contributed by atoms with Gasteiger partial charge in [-0.2, -0.15) is 0 Å². The second kappa shape index (κ2) is 14.9. The maximum absolute atomic E-state index is 15.3. The molecule has 3 N–H and O–H groups in total. The zero-order chi connectivity index (χ0) is 39.2. The van der Waals surface area contributed by atoms with E-state index in [1.54, 1.807) is 9.80 Å². The quantitative estimate of drug-likeness (QED) is 0.181. The maximum atomic E-state index is 15.3. The molecule has 4 aromatic rings. The van der Waals surface area contributed by atoms with Crippen LogP contribution >= 0.6 is 0 Å². The Hall–Kier alpha value is -4.85. The fraction of sp³-hybridized carbons (Fsp3) is 0.386. The Morgan fingerprint density at radius 2 is 1.50 bits per heavy atom. The first-order valence-corrected chi connectivity index (χ1v) is 22.7. The van der Waals surface area contributed by atoms with Crippen molar-refractivity contribution in [3.8, 4) is 0 Å². The number of rotatable bonds is 10. The summed E-state index contributed by atoms with van der Waals surface area (Å²) in [7, 11) is -3.11. The molecule has 4 aliphatic heterocycles. The summed E-state index contributed by atoms with van der Waals surface area (Å²) in [5.41, 5.74) is 1.77. The summed E-state index contributed by atoms with van der Waals surface area (Å²) >= 11 is 0. The summed E-state index contributed by atoms with van der Waals surface area (Å²) in [5.74, 6) is -1.01. The van der Waals surface area contributed by atoms with E-state index < -0.39 is 37.0 Å². The molecule has 8 rings (SSSR count). The minimum Gasteiger partial charge on any atom is -0.432 e. The molecule has 292 valence electrons. The first-order valence-electron chi connectivity index (χ1n) is 19.7. The topological polar surface area (TPSA) is 126 Å². The minimum atomic E-state index is -3.11. The van der Waals surface area contributed by atoms with E-state index in [2.05, 4.69) is 10.2 Å². The molecule has 11 nitrogen and oxygen atoms in total. The Labute approximate surface area is 329 Å². The van der Waals surface area contributed by atoms with E-state index in [-0.39, 0.29) is 37.3 Å². The molecule has 12 heteroatoms. The molecule has 56 heavy (non-hydrogen) atoms. The minimum absolute atomic E-state index is 0.0223. The predicted octanol–water partition coefficient (Wildman–Crippen LogP) is 5.51. The highest BCUT2D eigenvalue weighted by molar-refractivity contribution is 6.71. The van der Waals surface area contributed by atoms with Gasteiger partial charge in [0.1, 0.15) is 5.54 Å². The number of ether oxygens (including phenoxy) is 1. The molecule has 4 aromatic carbocycles. The number of piperidine rings is 1. The SMILES string of the molecule is C[C@@H]1[C@@H]([Si](C)(C)O)[C@H](CC(=O)N(CCO)Cc2ccccc2)O[C@@]12C(=O)N(c1ccccc1)c1ccc(N3CN(c4ccccc4)C4(CCNCC4)C3=O)cc12. The average molecular weight is 774 g/mol. The van der Waals surface area contributed by atoms with Crippen LogP contribution in [0.2, 0.25) is 18.6 Å². The number of para-hydroxylation sites is 2. The number of anilines is 4. The molecular formula is C44H51N5O6Si. The number of nitrogens with one attached hydrogen (secondary N) is 1. The summed E-state index contributed by atoms with van der Waals surface area (Å²) in [6.07, 6.45) is 0.480. The number of aliphatic hydroxyl groups is 1. The second-order valence-corrected chi connectivity index (χ2v) is 20.2. The van der Waals surface area contributed by atoms with E-state index in [0.29, 0.717) is 48.7 Å². The van der Waals surface area contributed by atoms with Crippen molar-refractivity contribution in [1.29, 1.82) is 0 Å². The van der Waals surface area contributed by atoms with Crippen molar-refractivity contribution in [2.45, 2.75) is 68.6 Å². The van der Waals surface area contributed by atoms with E-state index in [1.165, 1.54) is 0 Å². The Morgan fingerprint density at radius 1 is 0.875 bits per heavy atom. The Balaban J connectivity index is 1.21. The lowest BCUT2D eigenvalue weighted by atomic mass is 9.82. The molecule has 3 fully saturated rings. The number of carbonyl (C=O) groups excluding carboxylic acids is 3. The summed E-state index contributed by atoms with van der Waals surface area (Å²) < 4.78 is 7.10. The van der Waals surface area contributed by atoms with Crippen LogP contribution in [0.25, 0.3) is 0 Å². The lowest BCUT2D eigenvalue weighted by Gasteiger charge is -2.39. The lowest BCUT2D eigenvalue weighted by Crippen LogP contribution is -2.55. The van der Waals surface area contributed by atoms with Gasteiger partial charge in [-0.1, -0.05) is 73.7 Å². The highest BCUT2D eigenvalue weighted by Gasteiger charge is 2.67. The summed E-state index contributed by atoms with van der Waals surface area (Å²) in [6.45, 7) is 7.69. The van der Waals surface area contributed by atoms with Gasteiger partial charge in [-0.3, -0.25) is 24.2 Å². The Morgan fingerprint density at radius 3 is 2.12 bits per heavy atom. The van der Waals surface area contributed by atoms with Gasteiger partial charge in [0.2, 0.25) is 5.91 Å². The van der Waals surface area contributed by atoms with Crippen molar-refractivity contribution in [3.05, 3.63) is 120 Å². The van der Waals surface area contributed by atoms with Crippen LogP contribution in [-0.4, -0.2) is 85.4 Å². The third-order valence-corrected chi connectivity index (χ3v) is 15.0. The molecule has 4 heterocycles. The number of hydrogen-bond donors (Lipinski definition) is 3. The van der Waals surface area contributed by atoms with Gasteiger partial charge in [0.25, 0.3) is 11.8 Å². The molecule has 0 unspecified atom stereocenters. The van der Waals surface area contributed by atoms with E-state index >= 15 is 4.79 Å². The summed E-state index contributed by atoms with van der Waals surface area (Å²) in [6, 6.07) is 34.9. The van der Waals surface area contributed by atoms with Gasteiger partial charge < -0.3 is 29.8 Å². The van der Waals surface area contributed by atoms with Crippen LogP contribution < -0.4 is 20.0 Å². The molecule has 2 spiro atoms. The van der Waals surface area contributed by atoms with Crippen LogP contribution in [0.1, 0.15) is 37.3 Å². The van der Waals surface area contributed by atoms with E-state index in [4.69, 9.17) is 4.74 Å². The Kier molecular flexibility index (Phi) is 10.1. The third-order valence-electron chi connectivity index (χ3n) is 12.5. The zero-order valence-corrected chi connectivity index (χ0v) is 33.3. The lowest BCUT2D eigenvalue weighted by molar-refractivity contribution is -0.149. The number of hydrogen-bond acceptors (Lipinski definition) is 8. The van der Waals surface area contributed by atoms with Crippen molar-refractivity contribution in [3.63, 3.8) is 0 Å². The molecule has 0 saturated carbocycles. The molecule has 0 radical (unpaired) electrons. The largest absolute Gasteiger partial charge is 0.432 e. The van der Waals surface area contributed by atoms with Crippen LogP contribution in [-0.2, 0) is 31.3 Å². The smallest absolute Gasteiger partial charge is 0.268 e. The zero-order valence-electron chi connectivity index (χ0n) is 32.3. The number of aliphatic hydroxyl groups excluding tert-OH is 1. The van der Waals surface area contributed by atoms with Crippen LogP contribution in [0.3, 0.4) is 0 Å². The van der Waals surface area contributed by atoms with Gasteiger partial charge >= 0.3 is 0 Å². The van der Waals surface area contributed by atoms with Gasteiger partial charge in [0, 0.05) is 47.2 Å². The Bertz CT molecular complexity index is 2080. The normalized spacial score (nSPS) is 24.4. The predicted molar refractivity (Wildman–Crippen MR) is 219 cm³/mol. The summed E-state index contributed by atoms with van der Waals surface area (Å²) in [5, 5.41) is 13.4. The summed E-state index contributed by atoms with van der Waals surface area (Å²) in [4.78, 5) is 63.5. The monoisotopic (exact) mass is 773 g/mol. The number of fused-ring (bicyclic) bond motifs is 2. The molecule has 0 aliphatic carbocycles. The number of amides is 3. The van der Waals surface area contributed by atoms with Crippen molar-refractivity contribution >= 4 is 48.8 Å². The van der Waals surface area contributed by atoms with Crippen molar-refractivity contribution in [1.82, 2.24) is 10.2 Å². The van der Waals surface area contributed by atoms with Crippen molar-refractivity contribution in [2.75, 3.05) is 47.6 Å². The van der Waals surface area contributed by atoms with Crippen LogP contribution in [0, 0.1) is 5.92 Å². The molecule has 3 amide bonds. The number of benzene rings is 4. The number of nitrogens with zero attached hydrogens (tertiary/aromatic N) is 4. The first kappa shape index (κ1) is 38.0. The molecule has 4 aliphatic rings. The van der Waals surface area contributed by atoms with Crippen LogP contribution in [0.15, 0.2) is 109 Å². The van der Waals surface area contributed by atoms with Gasteiger partial charge in [-0.15, -0.1) is 0 Å². The highest BCUT2D eigenvalue weighted by Crippen LogP contribution is 2.61.